The van der Waals surface area contributed by atoms with Gasteiger partial charge in [-0.2, -0.15) is 0 Å². The van der Waals surface area contributed by atoms with E-state index in [1.807, 2.05) is 49.4 Å². The van der Waals surface area contributed by atoms with E-state index in [1.165, 1.54) is 0 Å². The molecule has 3 heteroatoms. The number of benzene rings is 2. The maximum atomic E-state index is 11.9. The van der Waals surface area contributed by atoms with Crippen LogP contribution in [0.5, 0.6) is 5.75 Å². The van der Waals surface area contributed by atoms with Gasteiger partial charge in [-0.1, -0.05) is 41.7 Å². The highest BCUT2D eigenvalue weighted by Gasteiger charge is 2.03. The van der Waals surface area contributed by atoms with Gasteiger partial charge in [-0.05, 0) is 31.2 Å². The van der Waals surface area contributed by atoms with Gasteiger partial charge in [-0.3, -0.25) is 4.79 Å². The van der Waals surface area contributed by atoms with Gasteiger partial charge in [0, 0.05) is 5.56 Å². The van der Waals surface area contributed by atoms with Gasteiger partial charge in [-0.25, -0.2) is 0 Å². The maximum Gasteiger partial charge on any atom is 0.252 e. The molecule has 0 unspecified atom stereocenters. The van der Waals surface area contributed by atoms with Crippen LogP contribution in [0.4, 0.5) is 0 Å². The molecule has 2 aromatic rings. The van der Waals surface area contributed by atoms with Crippen molar-refractivity contribution in [3.63, 3.8) is 0 Å². The first-order valence-electron chi connectivity index (χ1n) is 6.67. The first-order valence-corrected chi connectivity index (χ1v) is 6.67. The van der Waals surface area contributed by atoms with Crippen LogP contribution in [-0.2, 0) is 0 Å². The molecule has 0 saturated heterocycles. The third kappa shape index (κ3) is 4.12. The van der Waals surface area contributed by atoms with E-state index in [9.17, 15) is 4.79 Å². The lowest BCUT2D eigenvalue weighted by molar-refractivity contribution is 0.0958. The molecule has 21 heavy (non-hydrogen) atoms. The van der Waals surface area contributed by atoms with E-state index in [2.05, 4.69) is 17.2 Å². The number of hydrogen-bond donors (Lipinski definition) is 1. The predicted octanol–water partition coefficient (Wildman–Crippen LogP) is 2.79. The van der Waals surface area contributed by atoms with Gasteiger partial charge in [0.2, 0.25) is 0 Å². The minimum absolute atomic E-state index is 0.118. The molecule has 2 rings (SSSR count). The summed E-state index contributed by atoms with van der Waals surface area (Å²) in [6.07, 6.45) is 0. The monoisotopic (exact) mass is 279 g/mol. The van der Waals surface area contributed by atoms with Gasteiger partial charge in [0.15, 0.2) is 0 Å². The second-order valence-electron chi connectivity index (χ2n) is 4.55. The Morgan fingerprint density at radius 1 is 1.19 bits per heavy atom. The van der Waals surface area contributed by atoms with Crippen LogP contribution in [-0.4, -0.2) is 19.6 Å². The number of para-hydroxylation sites is 1. The fourth-order valence-electron chi connectivity index (χ4n) is 1.90. The smallest absolute Gasteiger partial charge is 0.252 e. The second-order valence-corrected chi connectivity index (χ2v) is 4.55. The first-order chi connectivity index (χ1) is 10.2. The van der Waals surface area contributed by atoms with Crippen LogP contribution < -0.4 is 10.1 Å². The fraction of sp³-hybridized carbons (Fsp3) is 0.167. The Bertz CT molecular complexity index is 696. The van der Waals surface area contributed by atoms with Crippen molar-refractivity contribution in [3.8, 4) is 17.6 Å². The highest BCUT2D eigenvalue weighted by molar-refractivity contribution is 5.94. The van der Waals surface area contributed by atoms with Crippen molar-refractivity contribution in [2.75, 3.05) is 13.7 Å². The number of ether oxygens (including phenoxy) is 1. The van der Waals surface area contributed by atoms with Gasteiger partial charge in [-0.15, -0.1) is 0 Å². The van der Waals surface area contributed by atoms with Crippen LogP contribution in [0, 0.1) is 18.8 Å². The van der Waals surface area contributed by atoms with Gasteiger partial charge in [0.25, 0.3) is 5.91 Å². The summed E-state index contributed by atoms with van der Waals surface area (Å²) in [5.41, 5.74) is 2.52. The summed E-state index contributed by atoms with van der Waals surface area (Å²) in [6, 6.07) is 15.0. The van der Waals surface area contributed by atoms with Crippen molar-refractivity contribution in [1.82, 2.24) is 5.32 Å². The topological polar surface area (TPSA) is 38.3 Å². The molecular weight excluding hydrogens is 262 g/mol. The highest BCUT2D eigenvalue weighted by Crippen LogP contribution is 2.15. The van der Waals surface area contributed by atoms with E-state index in [1.54, 1.807) is 13.2 Å². The molecule has 0 aromatic heterocycles. The molecule has 0 radical (unpaired) electrons. The summed E-state index contributed by atoms with van der Waals surface area (Å²) in [5.74, 6) is 6.54. The van der Waals surface area contributed by atoms with E-state index in [-0.39, 0.29) is 5.91 Å². The molecule has 1 amide bonds. The highest BCUT2D eigenvalue weighted by atomic mass is 16.5. The van der Waals surface area contributed by atoms with Gasteiger partial charge < -0.3 is 10.1 Å². The average molecular weight is 279 g/mol. The molecule has 3 nitrogen and oxygen atoms in total. The number of methoxy groups -OCH3 is 1. The quantitative estimate of drug-likeness (QED) is 0.877. The van der Waals surface area contributed by atoms with E-state index in [0.717, 1.165) is 16.9 Å². The van der Waals surface area contributed by atoms with Crippen LogP contribution in [0.15, 0.2) is 48.5 Å². The molecule has 1 N–H and O–H groups in total. The zero-order valence-electron chi connectivity index (χ0n) is 12.1. The van der Waals surface area contributed by atoms with Gasteiger partial charge in [0.05, 0.1) is 19.2 Å². The Kier molecular flexibility index (Phi) is 5.00. The third-order valence-electron chi connectivity index (χ3n) is 2.95. The van der Waals surface area contributed by atoms with Crippen LogP contribution in [0.1, 0.15) is 21.5 Å². The second kappa shape index (κ2) is 7.16. The third-order valence-corrected chi connectivity index (χ3v) is 2.95. The van der Waals surface area contributed by atoms with Crippen molar-refractivity contribution in [1.29, 1.82) is 0 Å². The molecule has 0 atom stereocenters. The Balaban J connectivity index is 1.96. The number of hydrogen-bond acceptors (Lipinski definition) is 2. The summed E-state index contributed by atoms with van der Waals surface area (Å²) in [7, 11) is 1.61. The number of aryl methyl sites for hydroxylation is 1. The van der Waals surface area contributed by atoms with Gasteiger partial charge in [0.1, 0.15) is 5.75 Å². The number of carbonyl (C=O) groups is 1. The summed E-state index contributed by atoms with van der Waals surface area (Å²) >= 11 is 0. The molecule has 0 fully saturated rings. The van der Waals surface area contributed by atoms with Crippen molar-refractivity contribution in [2.45, 2.75) is 6.92 Å². The van der Waals surface area contributed by atoms with Crippen LogP contribution in [0.2, 0.25) is 0 Å². The predicted molar refractivity (Wildman–Crippen MR) is 83.4 cm³/mol. The van der Waals surface area contributed by atoms with Crippen LogP contribution in [0.3, 0.4) is 0 Å². The van der Waals surface area contributed by atoms with E-state index in [4.69, 9.17) is 4.74 Å². The fourth-order valence-corrected chi connectivity index (χ4v) is 1.90. The largest absolute Gasteiger partial charge is 0.495 e. The zero-order chi connectivity index (χ0) is 15.1. The van der Waals surface area contributed by atoms with E-state index < -0.39 is 0 Å². The number of amides is 1. The summed E-state index contributed by atoms with van der Waals surface area (Å²) in [5, 5.41) is 2.78. The number of carbonyl (C=O) groups excluding carboxylic acids is 1. The Labute approximate surface area is 125 Å². The summed E-state index contributed by atoms with van der Waals surface area (Å²) in [6.45, 7) is 2.25. The van der Waals surface area contributed by atoms with Gasteiger partial charge >= 0.3 is 0 Å². The van der Waals surface area contributed by atoms with Crippen molar-refractivity contribution >= 4 is 5.91 Å². The van der Waals surface area contributed by atoms with Crippen molar-refractivity contribution < 1.29 is 9.53 Å². The molecule has 0 aliphatic heterocycles. The molecule has 0 heterocycles. The molecule has 0 saturated carbocycles. The van der Waals surface area contributed by atoms with E-state index in [0.29, 0.717) is 12.1 Å². The summed E-state index contributed by atoms with van der Waals surface area (Å²) in [4.78, 5) is 11.9. The SMILES string of the molecule is COc1ccccc1C#CCNC(=O)c1cccc(C)c1. The Morgan fingerprint density at radius 3 is 2.76 bits per heavy atom. The molecule has 0 aliphatic carbocycles. The Morgan fingerprint density at radius 2 is 2.00 bits per heavy atom. The molecule has 106 valence electrons. The molecular formula is C18H17NO2. The van der Waals surface area contributed by atoms with Crippen molar-refractivity contribution in [3.05, 3.63) is 65.2 Å². The molecule has 0 aliphatic rings. The standard InChI is InChI=1S/C18H17NO2/c1-14-7-5-9-16(13-14)18(20)19-12-6-10-15-8-3-4-11-17(15)21-2/h3-5,7-9,11,13H,12H2,1-2H3,(H,19,20). The zero-order valence-corrected chi connectivity index (χ0v) is 12.1. The van der Waals surface area contributed by atoms with Crippen LogP contribution in [0.25, 0.3) is 0 Å². The molecule has 0 bridgehead atoms. The molecule has 0 spiro atoms. The lowest BCUT2D eigenvalue weighted by atomic mass is 10.1. The maximum absolute atomic E-state index is 11.9. The van der Waals surface area contributed by atoms with E-state index >= 15 is 0 Å². The Hall–Kier alpha value is -2.73. The van der Waals surface area contributed by atoms with Crippen molar-refractivity contribution in [2.24, 2.45) is 0 Å². The van der Waals surface area contributed by atoms with Crippen LogP contribution >= 0.6 is 0 Å². The lowest BCUT2D eigenvalue weighted by Crippen LogP contribution is -2.23. The minimum atomic E-state index is -0.118. The summed E-state index contributed by atoms with van der Waals surface area (Å²) < 4.78 is 5.22. The normalized spacial score (nSPS) is 9.43. The molecule has 2 aromatic carbocycles. The minimum Gasteiger partial charge on any atom is -0.495 e. The number of nitrogens with one attached hydrogen (secondary N) is 1. The lowest BCUT2D eigenvalue weighted by Gasteiger charge is -2.03. The first kappa shape index (κ1) is 14.7. The average Bonchev–Trinajstić information content (AvgIpc) is 2.51. The number of rotatable bonds is 3.